The van der Waals surface area contributed by atoms with E-state index in [1.807, 2.05) is 61.5 Å². The van der Waals surface area contributed by atoms with Gasteiger partial charge < -0.3 is 5.32 Å². The van der Waals surface area contributed by atoms with E-state index in [9.17, 15) is 9.59 Å². The maximum Gasteiger partial charge on any atom is 0.329 e. The number of carbonyl (C=O) groups is 1. The number of benzene rings is 2. The highest BCUT2D eigenvalue weighted by atomic mass is 16.2. The normalized spacial score (nSPS) is 10.9. The summed E-state index contributed by atoms with van der Waals surface area (Å²) in [6.07, 6.45) is 0.776. The highest BCUT2D eigenvalue weighted by molar-refractivity contribution is 5.80. The van der Waals surface area contributed by atoms with Crippen LogP contribution < -0.4 is 11.0 Å². The summed E-state index contributed by atoms with van der Waals surface area (Å²) in [5, 5.41) is 2.89. The Morgan fingerprint density at radius 3 is 2.25 bits per heavy atom. The van der Waals surface area contributed by atoms with Crippen molar-refractivity contribution in [1.82, 2.24) is 14.5 Å². The Morgan fingerprint density at radius 1 is 0.958 bits per heavy atom. The van der Waals surface area contributed by atoms with E-state index >= 15 is 0 Å². The minimum Gasteiger partial charge on any atom is -0.354 e. The van der Waals surface area contributed by atoms with Gasteiger partial charge >= 0.3 is 5.69 Å². The number of imidazole rings is 1. The molecule has 0 atom stereocenters. The number of fused-ring (bicyclic) bond motifs is 1. The van der Waals surface area contributed by atoms with E-state index in [4.69, 9.17) is 0 Å². The van der Waals surface area contributed by atoms with E-state index in [0.717, 1.165) is 17.5 Å². The first-order valence-electron chi connectivity index (χ1n) is 8.19. The molecule has 1 amide bonds. The Bertz CT molecular complexity index is 894. The quantitative estimate of drug-likeness (QED) is 0.756. The fourth-order valence-electron chi connectivity index (χ4n) is 2.92. The number of hydrogen-bond acceptors (Lipinski definition) is 2. The van der Waals surface area contributed by atoms with Crippen molar-refractivity contribution in [2.24, 2.45) is 0 Å². The molecule has 0 saturated heterocycles. The van der Waals surface area contributed by atoms with Crippen molar-refractivity contribution < 1.29 is 4.79 Å². The number of nitrogens with zero attached hydrogens (tertiary/aromatic N) is 2. The Kier molecular flexibility index (Phi) is 4.79. The van der Waals surface area contributed by atoms with E-state index in [0.29, 0.717) is 13.1 Å². The second-order valence-electron chi connectivity index (χ2n) is 5.69. The fraction of sp³-hybridized carbons (Fsp3) is 0.263. The molecule has 0 saturated carbocycles. The van der Waals surface area contributed by atoms with Crippen molar-refractivity contribution in [1.29, 1.82) is 0 Å². The SMILES string of the molecule is CCn1c(=O)n(CC(=O)NCCc2ccccc2)c2ccccc21. The first-order valence-corrected chi connectivity index (χ1v) is 8.19. The summed E-state index contributed by atoms with van der Waals surface area (Å²) in [5.41, 5.74) is 2.69. The van der Waals surface area contributed by atoms with Crippen molar-refractivity contribution in [3.05, 3.63) is 70.6 Å². The minimum absolute atomic E-state index is 0.0428. The molecule has 3 aromatic rings. The predicted octanol–water partition coefficient (Wildman–Crippen LogP) is 2.18. The average molecular weight is 323 g/mol. The lowest BCUT2D eigenvalue weighted by Gasteiger charge is -2.06. The molecule has 5 heteroatoms. The van der Waals surface area contributed by atoms with Gasteiger partial charge in [-0.05, 0) is 31.0 Å². The molecule has 0 fully saturated rings. The second-order valence-corrected chi connectivity index (χ2v) is 5.69. The van der Waals surface area contributed by atoms with E-state index in [1.165, 1.54) is 10.1 Å². The number of rotatable bonds is 6. The molecule has 1 aromatic heterocycles. The number of amides is 1. The van der Waals surface area contributed by atoms with Gasteiger partial charge in [0.25, 0.3) is 0 Å². The number of aryl methyl sites for hydroxylation is 1. The topological polar surface area (TPSA) is 56.0 Å². The van der Waals surface area contributed by atoms with Crippen molar-refractivity contribution in [3.63, 3.8) is 0 Å². The third kappa shape index (κ3) is 3.25. The molecular weight excluding hydrogens is 302 g/mol. The minimum atomic E-state index is -0.146. The lowest BCUT2D eigenvalue weighted by molar-refractivity contribution is -0.121. The summed E-state index contributed by atoms with van der Waals surface area (Å²) in [4.78, 5) is 24.7. The number of carbonyl (C=O) groups excluding carboxylic acids is 1. The van der Waals surface area contributed by atoms with Crippen molar-refractivity contribution in [3.8, 4) is 0 Å². The van der Waals surface area contributed by atoms with Crippen LogP contribution in [-0.2, 0) is 24.3 Å². The largest absolute Gasteiger partial charge is 0.354 e. The number of aromatic nitrogens is 2. The van der Waals surface area contributed by atoms with Gasteiger partial charge in [0.1, 0.15) is 6.54 Å². The summed E-state index contributed by atoms with van der Waals surface area (Å²) in [6, 6.07) is 17.6. The molecule has 0 aliphatic rings. The van der Waals surface area contributed by atoms with Crippen molar-refractivity contribution >= 4 is 16.9 Å². The molecule has 3 rings (SSSR count). The van der Waals surface area contributed by atoms with Gasteiger partial charge in [0.15, 0.2) is 0 Å². The lowest BCUT2D eigenvalue weighted by Crippen LogP contribution is -2.34. The Morgan fingerprint density at radius 2 is 1.58 bits per heavy atom. The standard InChI is InChI=1S/C19H21N3O2/c1-2-21-16-10-6-7-11-17(16)22(19(21)24)14-18(23)20-13-12-15-8-4-3-5-9-15/h3-11H,2,12-14H2,1H3,(H,20,23). The highest BCUT2D eigenvalue weighted by Crippen LogP contribution is 2.12. The van der Waals surface area contributed by atoms with Gasteiger partial charge in [-0.15, -0.1) is 0 Å². The van der Waals surface area contributed by atoms with Gasteiger partial charge in [0.2, 0.25) is 5.91 Å². The molecule has 2 aromatic carbocycles. The first-order chi connectivity index (χ1) is 11.7. The number of nitrogens with one attached hydrogen (secondary N) is 1. The van der Waals surface area contributed by atoms with Crippen LogP contribution in [0.25, 0.3) is 11.0 Å². The van der Waals surface area contributed by atoms with Gasteiger partial charge in [-0.2, -0.15) is 0 Å². The lowest BCUT2D eigenvalue weighted by atomic mass is 10.1. The van der Waals surface area contributed by atoms with Crippen molar-refractivity contribution in [2.75, 3.05) is 6.54 Å². The van der Waals surface area contributed by atoms with Crippen LogP contribution in [0.4, 0.5) is 0 Å². The number of hydrogen-bond donors (Lipinski definition) is 1. The van der Waals surface area contributed by atoms with Gasteiger partial charge in [-0.3, -0.25) is 13.9 Å². The van der Waals surface area contributed by atoms with E-state index in [-0.39, 0.29) is 18.1 Å². The van der Waals surface area contributed by atoms with Crippen LogP contribution in [-0.4, -0.2) is 21.6 Å². The molecule has 124 valence electrons. The fourth-order valence-corrected chi connectivity index (χ4v) is 2.92. The second kappa shape index (κ2) is 7.17. The maximum atomic E-state index is 12.5. The third-order valence-corrected chi connectivity index (χ3v) is 4.12. The van der Waals surface area contributed by atoms with Crippen molar-refractivity contribution in [2.45, 2.75) is 26.4 Å². The van der Waals surface area contributed by atoms with Crippen LogP contribution in [0.2, 0.25) is 0 Å². The zero-order valence-corrected chi connectivity index (χ0v) is 13.7. The molecule has 0 radical (unpaired) electrons. The molecular formula is C19H21N3O2. The molecule has 0 aliphatic carbocycles. The zero-order valence-electron chi connectivity index (χ0n) is 13.7. The van der Waals surface area contributed by atoms with Crippen LogP contribution in [0.5, 0.6) is 0 Å². The average Bonchev–Trinajstić information content (AvgIpc) is 2.87. The molecule has 1 heterocycles. The van der Waals surface area contributed by atoms with Gasteiger partial charge in [0.05, 0.1) is 11.0 Å². The van der Waals surface area contributed by atoms with E-state index < -0.39 is 0 Å². The summed E-state index contributed by atoms with van der Waals surface area (Å²) >= 11 is 0. The van der Waals surface area contributed by atoms with Gasteiger partial charge in [-0.25, -0.2) is 4.79 Å². The van der Waals surface area contributed by atoms with E-state index in [2.05, 4.69) is 5.32 Å². The van der Waals surface area contributed by atoms with E-state index in [1.54, 1.807) is 4.57 Å². The monoisotopic (exact) mass is 323 g/mol. The molecule has 0 aliphatic heterocycles. The molecule has 24 heavy (non-hydrogen) atoms. The maximum absolute atomic E-state index is 12.5. The van der Waals surface area contributed by atoms with Gasteiger partial charge in [-0.1, -0.05) is 42.5 Å². The summed E-state index contributed by atoms with van der Waals surface area (Å²) < 4.78 is 3.23. The zero-order chi connectivity index (χ0) is 16.9. The molecule has 0 spiro atoms. The summed E-state index contributed by atoms with van der Waals surface area (Å²) in [7, 11) is 0. The summed E-state index contributed by atoms with van der Waals surface area (Å²) in [6.45, 7) is 3.12. The smallest absolute Gasteiger partial charge is 0.329 e. The van der Waals surface area contributed by atoms with Crippen LogP contribution in [0.15, 0.2) is 59.4 Å². The van der Waals surface area contributed by atoms with Crippen LogP contribution >= 0.6 is 0 Å². The highest BCUT2D eigenvalue weighted by Gasteiger charge is 2.13. The predicted molar refractivity (Wildman–Crippen MR) is 95.0 cm³/mol. The Hall–Kier alpha value is -2.82. The van der Waals surface area contributed by atoms with Gasteiger partial charge in [0, 0.05) is 13.1 Å². The van der Waals surface area contributed by atoms with Crippen LogP contribution in [0.3, 0.4) is 0 Å². The molecule has 5 nitrogen and oxygen atoms in total. The van der Waals surface area contributed by atoms with Crippen LogP contribution in [0.1, 0.15) is 12.5 Å². The number of para-hydroxylation sites is 2. The molecule has 0 bridgehead atoms. The first kappa shape index (κ1) is 16.1. The molecule has 1 N–H and O–H groups in total. The molecule has 0 unspecified atom stereocenters. The summed E-state index contributed by atoms with van der Waals surface area (Å²) in [5.74, 6) is -0.146. The van der Waals surface area contributed by atoms with Crippen LogP contribution in [0, 0.1) is 0 Å². The Balaban J connectivity index is 1.70. The Labute approximate surface area is 140 Å². The third-order valence-electron chi connectivity index (χ3n) is 4.12.